The summed E-state index contributed by atoms with van der Waals surface area (Å²) in [7, 11) is 0. The molecule has 1 aliphatic rings. The Bertz CT molecular complexity index is 822. The van der Waals surface area contributed by atoms with Gasteiger partial charge in [0.05, 0.1) is 0 Å². The van der Waals surface area contributed by atoms with Crippen LogP contribution in [-0.4, -0.2) is 47.9 Å². The minimum atomic E-state index is 0.00412. The molecule has 1 unspecified atom stereocenters. The fourth-order valence-corrected chi connectivity index (χ4v) is 3.94. The molecule has 0 radical (unpaired) electrons. The van der Waals surface area contributed by atoms with E-state index in [0.29, 0.717) is 26.2 Å². The molecule has 5 heteroatoms. The Labute approximate surface area is 173 Å². The lowest BCUT2D eigenvalue weighted by Crippen LogP contribution is -2.44. The zero-order valence-corrected chi connectivity index (χ0v) is 17.4. The number of likely N-dealkylation sites (tertiary alicyclic amines) is 1. The number of rotatable bonds is 6. The predicted octanol–water partition coefficient (Wildman–Crippen LogP) is 4.26. The molecule has 154 valence electrons. The molecule has 1 heterocycles. The molecule has 0 saturated carbocycles. The Morgan fingerprint density at radius 3 is 2.62 bits per heavy atom. The van der Waals surface area contributed by atoms with Crippen molar-refractivity contribution in [1.29, 1.82) is 0 Å². The molecular formula is C24H31N3O2. The van der Waals surface area contributed by atoms with Gasteiger partial charge >= 0.3 is 6.03 Å². The van der Waals surface area contributed by atoms with Gasteiger partial charge in [0.25, 0.3) is 5.91 Å². The van der Waals surface area contributed by atoms with E-state index in [1.165, 1.54) is 0 Å². The van der Waals surface area contributed by atoms with Gasteiger partial charge in [-0.1, -0.05) is 42.5 Å². The number of hydrogen-bond acceptors (Lipinski definition) is 2. The lowest BCUT2D eigenvalue weighted by atomic mass is 9.89. The van der Waals surface area contributed by atoms with Gasteiger partial charge in [-0.05, 0) is 49.9 Å². The molecule has 2 aromatic carbocycles. The number of carbonyl (C=O) groups excluding carboxylic acids is 2. The van der Waals surface area contributed by atoms with Gasteiger partial charge in [0.15, 0.2) is 0 Å². The monoisotopic (exact) mass is 393 g/mol. The van der Waals surface area contributed by atoms with Crippen LogP contribution in [0.4, 0.5) is 4.79 Å². The SMILES string of the molecule is CCNC(=O)N1CCCC(c2cccc(C(=O)N(CC)Cc3ccccc3)c2)C1. The number of nitrogens with one attached hydrogen (secondary N) is 1. The van der Waals surface area contributed by atoms with Crippen LogP contribution in [-0.2, 0) is 6.54 Å². The second-order valence-corrected chi connectivity index (χ2v) is 7.55. The van der Waals surface area contributed by atoms with Gasteiger partial charge in [0, 0.05) is 44.2 Å². The van der Waals surface area contributed by atoms with Crippen molar-refractivity contribution in [3.63, 3.8) is 0 Å². The van der Waals surface area contributed by atoms with Crippen molar-refractivity contribution in [2.75, 3.05) is 26.2 Å². The van der Waals surface area contributed by atoms with Crippen molar-refractivity contribution in [2.24, 2.45) is 0 Å². The summed E-state index contributed by atoms with van der Waals surface area (Å²) in [5, 5.41) is 2.89. The van der Waals surface area contributed by atoms with E-state index < -0.39 is 0 Å². The topological polar surface area (TPSA) is 52.7 Å². The molecule has 2 aromatic rings. The fourth-order valence-electron chi connectivity index (χ4n) is 3.94. The molecule has 3 rings (SSSR count). The van der Waals surface area contributed by atoms with Gasteiger partial charge in [-0.3, -0.25) is 4.79 Å². The maximum atomic E-state index is 13.1. The molecule has 1 N–H and O–H groups in total. The minimum Gasteiger partial charge on any atom is -0.338 e. The zero-order valence-electron chi connectivity index (χ0n) is 17.4. The van der Waals surface area contributed by atoms with Crippen molar-refractivity contribution in [2.45, 2.75) is 39.2 Å². The average Bonchev–Trinajstić information content (AvgIpc) is 2.78. The van der Waals surface area contributed by atoms with Crippen LogP contribution in [0.1, 0.15) is 54.1 Å². The van der Waals surface area contributed by atoms with E-state index >= 15 is 0 Å². The average molecular weight is 394 g/mol. The lowest BCUT2D eigenvalue weighted by Gasteiger charge is -2.33. The molecule has 0 spiro atoms. The van der Waals surface area contributed by atoms with Gasteiger partial charge < -0.3 is 15.1 Å². The number of piperidine rings is 1. The Morgan fingerprint density at radius 2 is 1.90 bits per heavy atom. The van der Waals surface area contributed by atoms with Gasteiger partial charge in [-0.15, -0.1) is 0 Å². The Morgan fingerprint density at radius 1 is 1.10 bits per heavy atom. The van der Waals surface area contributed by atoms with Crippen LogP contribution in [0.3, 0.4) is 0 Å². The number of urea groups is 1. The highest BCUT2D eigenvalue weighted by Gasteiger charge is 2.25. The molecule has 1 atom stereocenters. The fraction of sp³-hybridized carbons (Fsp3) is 0.417. The number of benzene rings is 2. The van der Waals surface area contributed by atoms with Crippen LogP contribution in [0.2, 0.25) is 0 Å². The van der Waals surface area contributed by atoms with E-state index in [1.54, 1.807) is 0 Å². The van der Waals surface area contributed by atoms with Gasteiger partial charge in [-0.25, -0.2) is 4.79 Å². The molecule has 29 heavy (non-hydrogen) atoms. The van der Waals surface area contributed by atoms with E-state index in [-0.39, 0.29) is 17.9 Å². The van der Waals surface area contributed by atoms with Crippen molar-refractivity contribution in [1.82, 2.24) is 15.1 Å². The number of carbonyl (C=O) groups is 2. The lowest BCUT2D eigenvalue weighted by molar-refractivity contribution is 0.0752. The van der Waals surface area contributed by atoms with Crippen LogP contribution in [0.15, 0.2) is 54.6 Å². The van der Waals surface area contributed by atoms with E-state index in [1.807, 2.05) is 72.2 Å². The van der Waals surface area contributed by atoms with Gasteiger partial charge in [0.1, 0.15) is 0 Å². The Balaban J connectivity index is 1.72. The molecule has 1 saturated heterocycles. The predicted molar refractivity (Wildman–Crippen MR) is 116 cm³/mol. The molecule has 0 bridgehead atoms. The molecular weight excluding hydrogens is 362 g/mol. The zero-order chi connectivity index (χ0) is 20.6. The molecule has 0 aromatic heterocycles. The van der Waals surface area contributed by atoms with Crippen molar-refractivity contribution >= 4 is 11.9 Å². The first kappa shape index (κ1) is 20.9. The smallest absolute Gasteiger partial charge is 0.317 e. The largest absolute Gasteiger partial charge is 0.338 e. The summed E-state index contributed by atoms with van der Waals surface area (Å²) in [6, 6.07) is 18.0. The molecule has 1 aliphatic heterocycles. The Kier molecular flexibility index (Phi) is 7.28. The summed E-state index contributed by atoms with van der Waals surface area (Å²) < 4.78 is 0. The van der Waals surface area contributed by atoms with Crippen LogP contribution in [0.5, 0.6) is 0 Å². The van der Waals surface area contributed by atoms with E-state index in [2.05, 4.69) is 11.4 Å². The maximum absolute atomic E-state index is 13.1. The summed E-state index contributed by atoms with van der Waals surface area (Å²) in [6.45, 7) is 7.34. The van der Waals surface area contributed by atoms with Crippen molar-refractivity contribution in [3.05, 3.63) is 71.3 Å². The standard InChI is InChI=1S/C24H31N3O2/c1-3-25-24(29)27-15-9-14-22(18-27)20-12-8-13-21(16-20)23(28)26(4-2)17-19-10-6-5-7-11-19/h5-8,10-13,16,22H,3-4,9,14-15,17-18H2,1-2H3,(H,25,29). The highest BCUT2D eigenvalue weighted by Crippen LogP contribution is 2.28. The van der Waals surface area contributed by atoms with Crippen LogP contribution >= 0.6 is 0 Å². The number of nitrogens with zero attached hydrogens (tertiary/aromatic N) is 2. The molecule has 5 nitrogen and oxygen atoms in total. The number of hydrogen-bond donors (Lipinski definition) is 1. The van der Waals surface area contributed by atoms with Gasteiger partial charge in [-0.2, -0.15) is 0 Å². The first-order valence-electron chi connectivity index (χ1n) is 10.6. The third kappa shape index (κ3) is 5.37. The first-order valence-corrected chi connectivity index (χ1v) is 10.6. The summed E-state index contributed by atoms with van der Waals surface area (Å²) in [4.78, 5) is 29.1. The van der Waals surface area contributed by atoms with E-state index in [9.17, 15) is 9.59 Å². The van der Waals surface area contributed by atoms with Gasteiger partial charge in [0.2, 0.25) is 0 Å². The third-order valence-corrected chi connectivity index (χ3v) is 5.53. The Hall–Kier alpha value is -2.82. The number of amides is 3. The first-order chi connectivity index (χ1) is 14.1. The summed E-state index contributed by atoms with van der Waals surface area (Å²) in [5.74, 6) is 0.318. The second kappa shape index (κ2) is 10.1. The second-order valence-electron chi connectivity index (χ2n) is 7.55. The summed E-state index contributed by atoms with van der Waals surface area (Å²) >= 11 is 0. The van der Waals surface area contributed by atoms with E-state index in [4.69, 9.17) is 0 Å². The summed E-state index contributed by atoms with van der Waals surface area (Å²) in [5.41, 5.74) is 2.99. The van der Waals surface area contributed by atoms with E-state index in [0.717, 1.165) is 36.1 Å². The van der Waals surface area contributed by atoms with Crippen LogP contribution in [0, 0.1) is 0 Å². The highest BCUT2D eigenvalue weighted by atomic mass is 16.2. The van der Waals surface area contributed by atoms with Crippen LogP contribution < -0.4 is 5.32 Å². The molecule has 1 fully saturated rings. The molecule has 3 amide bonds. The quantitative estimate of drug-likeness (QED) is 0.797. The van der Waals surface area contributed by atoms with Crippen LogP contribution in [0.25, 0.3) is 0 Å². The molecule has 0 aliphatic carbocycles. The highest BCUT2D eigenvalue weighted by molar-refractivity contribution is 5.94. The summed E-state index contributed by atoms with van der Waals surface area (Å²) in [6.07, 6.45) is 2.02. The normalized spacial score (nSPS) is 16.3. The van der Waals surface area contributed by atoms with Crippen molar-refractivity contribution < 1.29 is 9.59 Å². The minimum absolute atomic E-state index is 0.00412. The third-order valence-electron chi connectivity index (χ3n) is 5.53. The maximum Gasteiger partial charge on any atom is 0.317 e. The van der Waals surface area contributed by atoms with Crippen molar-refractivity contribution in [3.8, 4) is 0 Å².